The normalized spacial score (nSPS) is 12.7. The van der Waals surface area contributed by atoms with Gasteiger partial charge in [-0.1, -0.05) is 0 Å². The summed E-state index contributed by atoms with van der Waals surface area (Å²) in [7, 11) is 0. The van der Waals surface area contributed by atoms with Crippen LogP contribution in [0.3, 0.4) is 0 Å². The summed E-state index contributed by atoms with van der Waals surface area (Å²) in [5.41, 5.74) is 10.8. The van der Waals surface area contributed by atoms with Gasteiger partial charge in [0.1, 0.15) is 0 Å². The number of hydrogen-bond acceptors (Lipinski definition) is 14. The lowest BCUT2D eigenvalue weighted by Crippen LogP contribution is -2.43. The zero-order chi connectivity index (χ0) is 33.1. The molecule has 16 nitrogen and oxygen atoms in total. The molecular weight excluding hydrogens is 560 g/mol. The Hall–Kier alpha value is -3.34. The van der Waals surface area contributed by atoms with Crippen LogP contribution < -0.4 is 22.1 Å². The summed E-state index contributed by atoms with van der Waals surface area (Å²) in [4.78, 5) is 65.9. The molecule has 16 heteroatoms. The predicted molar refractivity (Wildman–Crippen MR) is 151 cm³/mol. The first kappa shape index (κ1) is 43.1. The van der Waals surface area contributed by atoms with E-state index < -0.39 is 47.8 Å². The SMILES string of the molecule is CC(N)COCC(C)N.CCOC(=O)C(=O)NC(C)COCC(C)NC(=O)C(=O)OCC.CCOC(=O)C(=O)OCC. The number of nitrogens with one attached hydrogen (secondary N) is 2. The Bertz CT molecular complexity index is 731. The van der Waals surface area contributed by atoms with E-state index in [2.05, 4.69) is 29.6 Å². The van der Waals surface area contributed by atoms with Gasteiger partial charge in [0.05, 0.1) is 52.9 Å². The Balaban J connectivity index is -0.000000656. The molecule has 4 atom stereocenters. The van der Waals surface area contributed by atoms with Crippen molar-refractivity contribution >= 4 is 35.7 Å². The maximum atomic E-state index is 11.4. The Morgan fingerprint density at radius 1 is 0.500 bits per heavy atom. The van der Waals surface area contributed by atoms with Gasteiger partial charge >= 0.3 is 35.7 Å². The lowest BCUT2D eigenvalue weighted by atomic mass is 10.3. The summed E-state index contributed by atoms with van der Waals surface area (Å²) in [6.07, 6.45) is 0. The second kappa shape index (κ2) is 27.8. The van der Waals surface area contributed by atoms with Crippen molar-refractivity contribution in [3.05, 3.63) is 0 Å². The molecule has 0 spiro atoms. The Labute approximate surface area is 247 Å². The molecule has 0 saturated carbocycles. The van der Waals surface area contributed by atoms with Gasteiger partial charge in [-0.2, -0.15) is 0 Å². The van der Waals surface area contributed by atoms with E-state index in [1.54, 1.807) is 41.5 Å². The lowest BCUT2D eigenvalue weighted by Gasteiger charge is -2.17. The maximum Gasteiger partial charge on any atom is 0.417 e. The van der Waals surface area contributed by atoms with Crippen molar-refractivity contribution in [2.45, 2.75) is 79.6 Å². The van der Waals surface area contributed by atoms with Crippen LogP contribution in [0.25, 0.3) is 0 Å². The molecule has 0 rings (SSSR count). The molecule has 6 N–H and O–H groups in total. The molecule has 246 valence electrons. The van der Waals surface area contributed by atoms with E-state index in [1.165, 1.54) is 0 Å². The Morgan fingerprint density at radius 3 is 1.02 bits per heavy atom. The number of nitrogens with two attached hydrogens (primary N) is 2. The number of carbonyl (C=O) groups is 6. The molecule has 0 aromatic heterocycles. The predicted octanol–water partition coefficient (Wildman–Crippen LogP) is -1.05. The van der Waals surface area contributed by atoms with Crippen molar-refractivity contribution in [1.29, 1.82) is 0 Å². The molecule has 2 amide bonds. The first-order valence-electron chi connectivity index (χ1n) is 13.6. The highest BCUT2D eigenvalue weighted by Crippen LogP contribution is 1.91. The van der Waals surface area contributed by atoms with Gasteiger partial charge in [0, 0.05) is 24.2 Å². The molecule has 0 bridgehead atoms. The molecule has 0 aromatic carbocycles. The molecule has 0 fully saturated rings. The van der Waals surface area contributed by atoms with E-state index in [0.29, 0.717) is 13.2 Å². The average molecular weight is 611 g/mol. The summed E-state index contributed by atoms with van der Waals surface area (Å²) in [5.74, 6) is -5.43. The van der Waals surface area contributed by atoms with Gasteiger partial charge in [-0.25, -0.2) is 19.2 Å². The first-order chi connectivity index (χ1) is 19.7. The monoisotopic (exact) mass is 610 g/mol. The van der Waals surface area contributed by atoms with Crippen LogP contribution in [0.4, 0.5) is 0 Å². The summed E-state index contributed by atoms with van der Waals surface area (Å²) < 4.78 is 28.2. The third-order valence-electron chi connectivity index (χ3n) is 3.89. The quantitative estimate of drug-likeness (QED) is 0.104. The number of carbonyl (C=O) groups excluding carboxylic acids is 6. The van der Waals surface area contributed by atoms with E-state index in [4.69, 9.17) is 20.9 Å². The highest BCUT2D eigenvalue weighted by Gasteiger charge is 2.19. The van der Waals surface area contributed by atoms with Gasteiger partial charge in [0.2, 0.25) is 0 Å². The molecular formula is C26H50N4O12. The van der Waals surface area contributed by atoms with Gasteiger partial charge in [0.15, 0.2) is 0 Å². The zero-order valence-electron chi connectivity index (χ0n) is 26.0. The van der Waals surface area contributed by atoms with Gasteiger partial charge < -0.3 is 50.5 Å². The topological polar surface area (TPSA) is 234 Å². The van der Waals surface area contributed by atoms with E-state index >= 15 is 0 Å². The Kier molecular flexibility index (Phi) is 28.6. The Morgan fingerprint density at radius 2 is 0.762 bits per heavy atom. The standard InChI is InChI=1S/C14H24N2O7.C6H16N2O.C6H10O4/c1-5-22-13(19)11(17)15-9(3)7-21-8-10(4)16-12(18)14(20)23-6-2;1-5(7)3-9-4-6(2)8;1-3-9-5(7)6(8)10-4-2/h9-10H,5-8H2,1-4H3,(H,15,17)(H,16,18);5-6H,3-4,7-8H2,1-2H3;3-4H2,1-2H3. The number of amides is 2. The number of ether oxygens (including phenoxy) is 6. The summed E-state index contributed by atoms with van der Waals surface area (Å²) in [6, 6.07) is -0.604. The van der Waals surface area contributed by atoms with E-state index in [0.717, 1.165) is 0 Å². The molecule has 0 heterocycles. The number of rotatable bonds is 14. The number of esters is 4. The van der Waals surface area contributed by atoms with Crippen molar-refractivity contribution in [2.75, 3.05) is 52.9 Å². The van der Waals surface area contributed by atoms with Gasteiger partial charge in [-0.05, 0) is 55.4 Å². The molecule has 0 radical (unpaired) electrons. The minimum Gasteiger partial charge on any atom is -0.459 e. The molecule has 4 unspecified atom stereocenters. The third-order valence-corrected chi connectivity index (χ3v) is 3.89. The van der Waals surface area contributed by atoms with Crippen LogP contribution in [0.5, 0.6) is 0 Å². The van der Waals surface area contributed by atoms with Crippen LogP contribution in [0, 0.1) is 0 Å². The van der Waals surface area contributed by atoms with Crippen LogP contribution in [-0.4, -0.2) is 113 Å². The van der Waals surface area contributed by atoms with Crippen LogP contribution in [-0.2, 0) is 57.2 Å². The lowest BCUT2D eigenvalue weighted by molar-refractivity contribution is -0.167. The van der Waals surface area contributed by atoms with Gasteiger partial charge in [0.25, 0.3) is 0 Å². The third kappa shape index (κ3) is 28.2. The zero-order valence-corrected chi connectivity index (χ0v) is 26.0. The van der Waals surface area contributed by atoms with E-state index in [9.17, 15) is 28.8 Å². The molecule has 0 aliphatic heterocycles. The highest BCUT2D eigenvalue weighted by molar-refractivity contribution is 6.33. The summed E-state index contributed by atoms with van der Waals surface area (Å²) in [5, 5.41) is 4.83. The van der Waals surface area contributed by atoms with E-state index in [-0.39, 0.29) is 51.7 Å². The van der Waals surface area contributed by atoms with Crippen molar-refractivity contribution in [2.24, 2.45) is 11.5 Å². The van der Waals surface area contributed by atoms with Crippen LogP contribution in [0.2, 0.25) is 0 Å². The second-order valence-corrected chi connectivity index (χ2v) is 8.66. The van der Waals surface area contributed by atoms with Crippen molar-refractivity contribution in [1.82, 2.24) is 10.6 Å². The minimum absolute atomic E-state index is 0.115. The molecule has 0 aliphatic carbocycles. The van der Waals surface area contributed by atoms with Crippen molar-refractivity contribution in [3.63, 3.8) is 0 Å². The average Bonchev–Trinajstić information content (AvgIpc) is 2.89. The minimum atomic E-state index is -0.950. The molecule has 0 aromatic rings. The van der Waals surface area contributed by atoms with Gasteiger partial charge in [-0.3, -0.25) is 9.59 Å². The maximum absolute atomic E-state index is 11.4. The number of hydrogen-bond donors (Lipinski definition) is 4. The highest BCUT2D eigenvalue weighted by atomic mass is 16.6. The van der Waals surface area contributed by atoms with Crippen LogP contribution >= 0.6 is 0 Å². The molecule has 42 heavy (non-hydrogen) atoms. The molecule has 0 aliphatic rings. The van der Waals surface area contributed by atoms with E-state index in [1.807, 2.05) is 13.8 Å². The largest absolute Gasteiger partial charge is 0.459 e. The smallest absolute Gasteiger partial charge is 0.417 e. The fourth-order valence-electron chi connectivity index (χ4n) is 2.28. The van der Waals surface area contributed by atoms with Crippen molar-refractivity contribution < 1.29 is 57.2 Å². The fraction of sp³-hybridized carbons (Fsp3) is 0.769. The first-order valence-corrected chi connectivity index (χ1v) is 13.6. The van der Waals surface area contributed by atoms with Crippen LogP contribution in [0.15, 0.2) is 0 Å². The van der Waals surface area contributed by atoms with Crippen molar-refractivity contribution in [3.8, 4) is 0 Å². The van der Waals surface area contributed by atoms with Crippen LogP contribution in [0.1, 0.15) is 55.4 Å². The summed E-state index contributed by atoms with van der Waals surface area (Å²) in [6.45, 7) is 15.6. The van der Waals surface area contributed by atoms with Gasteiger partial charge in [-0.15, -0.1) is 0 Å². The second-order valence-electron chi connectivity index (χ2n) is 8.66. The molecule has 0 saturated heterocycles. The summed E-state index contributed by atoms with van der Waals surface area (Å²) >= 11 is 0. The fourth-order valence-corrected chi connectivity index (χ4v) is 2.28.